The van der Waals surface area contributed by atoms with Crippen molar-refractivity contribution in [3.8, 4) is 5.75 Å². The smallest absolute Gasteiger partial charge is 0.415 e. The van der Waals surface area contributed by atoms with Crippen LogP contribution in [0, 0.1) is 16.0 Å². The fourth-order valence-corrected chi connectivity index (χ4v) is 6.44. The number of phenols is 1. The van der Waals surface area contributed by atoms with Crippen LogP contribution in [0.5, 0.6) is 5.75 Å². The summed E-state index contributed by atoms with van der Waals surface area (Å²) >= 11 is 0. The minimum absolute atomic E-state index is 0.0259. The fourth-order valence-electron chi connectivity index (χ4n) is 4.82. The van der Waals surface area contributed by atoms with Crippen molar-refractivity contribution in [2.75, 3.05) is 24.5 Å². The highest BCUT2D eigenvalue weighted by Crippen LogP contribution is 2.30. The Balaban J connectivity index is 1.56. The van der Waals surface area contributed by atoms with Gasteiger partial charge < -0.3 is 20.3 Å². The van der Waals surface area contributed by atoms with Crippen LogP contribution in [-0.2, 0) is 26.0 Å². The van der Waals surface area contributed by atoms with Gasteiger partial charge in [0, 0.05) is 25.2 Å². The molecule has 14 heteroatoms. The third kappa shape index (κ3) is 7.70. The zero-order chi connectivity index (χ0) is 32.0. The number of anilines is 1. The summed E-state index contributed by atoms with van der Waals surface area (Å²) in [6, 6.07) is 18.5. The number of aliphatic hydroxyl groups is 1. The minimum Gasteiger partial charge on any atom is -0.506 e. The number of hydrogen-bond donors (Lipinski definition) is 3. The van der Waals surface area contributed by atoms with Crippen LogP contribution < -0.4 is 10.2 Å². The average molecular weight is 627 g/mol. The van der Waals surface area contributed by atoms with Crippen molar-refractivity contribution >= 4 is 33.4 Å². The van der Waals surface area contributed by atoms with Crippen LogP contribution in [0.15, 0.2) is 83.8 Å². The number of cyclic esters (lactones) is 1. The molecule has 3 N–H and O–H groups in total. The van der Waals surface area contributed by atoms with Crippen molar-refractivity contribution in [2.45, 2.75) is 43.4 Å². The number of carbonyl (C=O) groups excluding carboxylic acids is 2. The van der Waals surface area contributed by atoms with Gasteiger partial charge in [-0.1, -0.05) is 56.3 Å². The molecule has 0 saturated carbocycles. The number of non-ortho nitro benzene ring substituents is 1. The van der Waals surface area contributed by atoms with Crippen molar-refractivity contribution in [3.05, 3.63) is 94.5 Å². The summed E-state index contributed by atoms with van der Waals surface area (Å²) in [4.78, 5) is 37.3. The first kappa shape index (κ1) is 32.4. The number of rotatable bonds is 13. The predicted molar refractivity (Wildman–Crippen MR) is 160 cm³/mol. The number of carbonyl (C=O) groups is 2. The SMILES string of the molecule is CC(C)CN(C[C@@H](O)[C@H](Cc1ccccc1)NC(=O)[C@@H]1CN(c2ccccc2O)C(=O)O1)S(=O)(=O)c1ccc([N+](=O)[O-])cc1. The number of para-hydroxylation sites is 2. The van der Waals surface area contributed by atoms with E-state index >= 15 is 0 Å². The van der Waals surface area contributed by atoms with Crippen molar-refractivity contribution in [2.24, 2.45) is 5.92 Å². The third-order valence-electron chi connectivity index (χ3n) is 7.01. The zero-order valence-electron chi connectivity index (χ0n) is 24.1. The molecule has 4 rings (SSSR count). The van der Waals surface area contributed by atoms with Gasteiger partial charge in [-0.05, 0) is 42.2 Å². The van der Waals surface area contributed by atoms with E-state index in [4.69, 9.17) is 4.74 Å². The zero-order valence-corrected chi connectivity index (χ0v) is 25.0. The van der Waals surface area contributed by atoms with E-state index in [0.717, 1.165) is 39.0 Å². The monoisotopic (exact) mass is 626 g/mol. The molecule has 1 heterocycles. The van der Waals surface area contributed by atoms with E-state index in [2.05, 4.69) is 5.32 Å². The fraction of sp³-hybridized carbons (Fsp3) is 0.333. The lowest BCUT2D eigenvalue weighted by molar-refractivity contribution is -0.384. The van der Waals surface area contributed by atoms with Crippen LogP contribution in [0.2, 0.25) is 0 Å². The number of sulfonamides is 1. The molecule has 1 saturated heterocycles. The maximum atomic E-state index is 13.6. The highest BCUT2D eigenvalue weighted by Gasteiger charge is 2.40. The summed E-state index contributed by atoms with van der Waals surface area (Å²) in [6.45, 7) is 3.05. The van der Waals surface area contributed by atoms with E-state index in [1.54, 1.807) is 56.3 Å². The summed E-state index contributed by atoms with van der Waals surface area (Å²) in [5, 5.41) is 35.4. The molecule has 2 amide bonds. The minimum atomic E-state index is -4.20. The second-order valence-electron chi connectivity index (χ2n) is 10.8. The summed E-state index contributed by atoms with van der Waals surface area (Å²) in [7, 11) is -4.20. The van der Waals surface area contributed by atoms with E-state index in [-0.39, 0.29) is 47.4 Å². The van der Waals surface area contributed by atoms with Crippen molar-refractivity contribution < 1.29 is 37.9 Å². The second-order valence-corrected chi connectivity index (χ2v) is 12.7. The number of nitrogens with one attached hydrogen (secondary N) is 1. The van der Waals surface area contributed by atoms with Gasteiger partial charge >= 0.3 is 6.09 Å². The molecule has 1 fully saturated rings. The number of benzene rings is 3. The maximum absolute atomic E-state index is 13.6. The third-order valence-corrected chi connectivity index (χ3v) is 8.86. The molecule has 0 radical (unpaired) electrons. The Kier molecular flexibility index (Phi) is 10.2. The normalized spacial score (nSPS) is 16.5. The van der Waals surface area contributed by atoms with E-state index in [1.807, 2.05) is 0 Å². The number of phenolic OH excluding ortho intramolecular Hbond substituents is 1. The first-order chi connectivity index (χ1) is 20.9. The molecule has 0 unspecified atom stereocenters. The van der Waals surface area contributed by atoms with E-state index in [1.165, 1.54) is 12.1 Å². The van der Waals surface area contributed by atoms with Gasteiger partial charge in [0.2, 0.25) is 10.0 Å². The molecular formula is C30H34N4O9S. The highest BCUT2D eigenvalue weighted by molar-refractivity contribution is 7.89. The number of aliphatic hydroxyl groups excluding tert-OH is 1. The van der Waals surface area contributed by atoms with Gasteiger partial charge in [0.05, 0.1) is 34.2 Å². The number of hydrogen-bond acceptors (Lipinski definition) is 9. The van der Waals surface area contributed by atoms with Gasteiger partial charge in [0.1, 0.15) is 5.75 Å². The molecule has 0 aromatic heterocycles. The lowest BCUT2D eigenvalue weighted by Gasteiger charge is -2.31. The molecule has 0 bridgehead atoms. The Morgan fingerprint density at radius 3 is 2.32 bits per heavy atom. The van der Waals surface area contributed by atoms with Crippen LogP contribution in [0.4, 0.5) is 16.2 Å². The lowest BCUT2D eigenvalue weighted by Crippen LogP contribution is -2.53. The number of aromatic hydroxyl groups is 1. The highest BCUT2D eigenvalue weighted by atomic mass is 32.2. The van der Waals surface area contributed by atoms with Crippen molar-refractivity contribution in [3.63, 3.8) is 0 Å². The van der Waals surface area contributed by atoms with Crippen LogP contribution in [0.25, 0.3) is 0 Å². The molecule has 3 aromatic rings. The van der Waals surface area contributed by atoms with Gasteiger partial charge in [0.15, 0.2) is 6.10 Å². The molecule has 1 aliphatic rings. The Morgan fingerprint density at radius 2 is 1.70 bits per heavy atom. The summed E-state index contributed by atoms with van der Waals surface area (Å²) in [5.41, 5.74) is 0.665. The van der Waals surface area contributed by atoms with Gasteiger partial charge in [0.25, 0.3) is 11.6 Å². The standard InChI is InChI=1S/C30H34N4O9S/c1-20(2)17-32(44(41,42)23-14-12-22(13-15-23)34(39)40)18-27(36)24(16-21-8-4-3-5-9-21)31-29(37)28-19-33(30(38)43-28)25-10-6-7-11-26(25)35/h3-15,20,24,27-28,35-36H,16-19H2,1-2H3,(H,31,37)/t24-,27+,28-/m0/s1. The lowest BCUT2D eigenvalue weighted by atomic mass is 10.0. The topological polar surface area (TPSA) is 180 Å². The number of nitrogens with zero attached hydrogens (tertiary/aromatic N) is 3. The van der Waals surface area contributed by atoms with E-state index < -0.39 is 51.7 Å². The Hall–Kier alpha value is -4.53. The second kappa shape index (κ2) is 13.8. The van der Waals surface area contributed by atoms with E-state index in [9.17, 15) is 38.3 Å². The molecular weight excluding hydrogens is 592 g/mol. The Morgan fingerprint density at radius 1 is 1.07 bits per heavy atom. The molecule has 13 nitrogen and oxygen atoms in total. The van der Waals surface area contributed by atoms with Crippen molar-refractivity contribution in [1.82, 2.24) is 9.62 Å². The van der Waals surface area contributed by atoms with Crippen molar-refractivity contribution in [1.29, 1.82) is 0 Å². The molecule has 0 spiro atoms. The molecule has 1 aliphatic heterocycles. The Labute approximate surface area is 254 Å². The quantitative estimate of drug-likeness (QED) is 0.190. The average Bonchev–Trinajstić information content (AvgIpc) is 3.38. The van der Waals surface area contributed by atoms with Gasteiger partial charge in [-0.25, -0.2) is 13.2 Å². The number of nitro groups is 1. The van der Waals surface area contributed by atoms with Gasteiger partial charge in [-0.15, -0.1) is 0 Å². The number of ether oxygens (including phenoxy) is 1. The molecule has 44 heavy (non-hydrogen) atoms. The van der Waals surface area contributed by atoms with Crippen LogP contribution in [0.1, 0.15) is 19.4 Å². The first-order valence-electron chi connectivity index (χ1n) is 13.9. The first-order valence-corrected chi connectivity index (χ1v) is 15.3. The maximum Gasteiger partial charge on any atom is 0.415 e. The van der Waals surface area contributed by atoms with Gasteiger partial charge in [-0.3, -0.25) is 19.8 Å². The molecule has 234 valence electrons. The van der Waals surface area contributed by atoms with Crippen LogP contribution >= 0.6 is 0 Å². The van der Waals surface area contributed by atoms with Crippen LogP contribution in [0.3, 0.4) is 0 Å². The van der Waals surface area contributed by atoms with Crippen LogP contribution in [-0.4, -0.2) is 77.7 Å². The molecule has 3 aromatic carbocycles. The van der Waals surface area contributed by atoms with E-state index in [0.29, 0.717) is 0 Å². The predicted octanol–water partition coefficient (Wildman–Crippen LogP) is 3.06. The van der Waals surface area contributed by atoms with Gasteiger partial charge in [-0.2, -0.15) is 4.31 Å². The number of amides is 2. The summed E-state index contributed by atoms with van der Waals surface area (Å²) in [5.74, 6) is -1.01. The molecule has 0 aliphatic carbocycles. The summed E-state index contributed by atoms with van der Waals surface area (Å²) < 4.78 is 33.6. The number of nitro benzene ring substituents is 1. The molecule has 3 atom stereocenters. The largest absolute Gasteiger partial charge is 0.506 e. The summed E-state index contributed by atoms with van der Waals surface area (Å²) in [6.07, 6.45) is -3.37. The Bertz CT molecular complexity index is 1580.